The topological polar surface area (TPSA) is 219 Å². The van der Waals surface area contributed by atoms with Crippen molar-refractivity contribution in [1.82, 2.24) is 34.3 Å². The number of carbonyl (C=O) groups excluding carboxylic acids is 2. The van der Waals surface area contributed by atoms with E-state index in [1.165, 1.54) is 14.7 Å². The maximum atomic E-state index is 14.2. The zero-order valence-corrected chi connectivity index (χ0v) is 24.4. The fraction of sp³-hybridized carbons (Fsp3) is 0.920. The molecule has 246 valence electrons. The summed E-state index contributed by atoms with van der Waals surface area (Å²) in [5.41, 5.74) is 0. The zero-order valence-electron chi connectivity index (χ0n) is 24.4. The van der Waals surface area contributed by atoms with E-state index >= 15 is 0 Å². The maximum Gasteiger partial charge on any atom is 0.324 e. The third kappa shape index (κ3) is 9.63. The Balaban J connectivity index is 2.60. The number of aliphatic hydroxyl groups excluding tert-OH is 8. The molecule has 0 aromatic heterocycles. The second-order valence-corrected chi connectivity index (χ2v) is 10.4. The molecule has 0 aromatic rings. The largest absolute Gasteiger partial charge is 0.395 e. The quantitative estimate of drug-likeness (QED) is 0.0511. The molecular weight excluding hydrogens is 558 g/mol. The number of rotatable bonds is 24. The Labute approximate surface area is 246 Å². The fourth-order valence-electron chi connectivity index (χ4n) is 5.77. The van der Waals surface area contributed by atoms with E-state index in [-0.39, 0.29) is 138 Å². The van der Waals surface area contributed by atoms with Gasteiger partial charge in [-0.2, -0.15) is 0 Å². The van der Waals surface area contributed by atoms with Crippen molar-refractivity contribution in [3.63, 3.8) is 0 Å². The monoisotopic (exact) mass is 609 g/mol. The van der Waals surface area contributed by atoms with Crippen molar-refractivity contribution in [2.75, 3.05) is 132 Å². The van der Waals surface area contributed by atoms with Crippen LogP contribution in [0.15, 0.2) is 0 Å². The number of likely N-dealkylation sites (tertiary alicyclic amines) is 1. The number of amides is 3. The molecule has 42 heavy (non-hydrogen) atoms. The van der Waals surface area contributed by atoms with Gasteiger partial charge in [-0.1, -0.05) is 0 Å². The minimum Gasteiger partial charge on any atom is -0.395 e. The first-order valence-corrected chi connectivity index (χ1v) is 14.5. The summed E-state index contributed by atoms with van der Waals surface area (Å²) >= 11 is 0. The Morgan fingerprint density at radius 2 is 0.810 bits per heavy atom. The number of nitrogens with zero attached hydrogens (tertiary/aromatic N) is 7. The summed E-state index contributed by atoms with van der Waals surface area (Å²) in [6.07, 6.45) is -0.801. The lowest BCUT2D eigenvalue weighted by molar-refractivity contribution is -0.137. The lowest BCUT2D eigenvalue weighted by atomic mass is 10.00. The number of carbonyl (C=O) groups is 2. The standard InChI is InChI=1S/C25H51N7O10/c33-9-1-26(2-10-34)17-21-22-23(31(24(21)41)19-28(5-13-37)6-14-38)32(20-29(7-15-39)8-16-40)25(42)30(22)18-27(3-11-35)4-12-36/h21-23,33-40H,1-20H2/t21-,22+,23-/m1/s1. The van der Waals surface area contributed by atoms with Crippen molar-refractivity contribution in [2.24, 2.45) is 5.92 Å². The summed E-state index contributed by atoms with van der Waals surface area (Å²) in [5, 5.41) is 76.8. The average molecular weight is 610 g/mol. The van der Waals surface area contributed by atoms with Crippen LogP contribution in [0.2, 0.25) is 0 Å². The molecule has 0 saturated carbocycles. The molecule has 0 aliphatic carbocycles. The first-order valence-electron chi connectivity index (χ1n) is 14.5. The van der Waals surface area contributed by atoms with Crippen LogP contribution in [0.4, 0.5) is 4.79 Å². The van der Waals surface area contributed by atoms with Gasteiger partial charge in [-0.3, -0.25) is 29.3 Å². The van der Waals surface area contributed by atoms with Gasteiger partial charge in [-0.15, -0.1) is 0 Å². The van der Waals surface area contributed by atoms with Gasteiger partial charge in [0.1, 0.15) is 6.17 Å². The first-order chi connectivity index (χ1) is 20.3. The minimum absolute atomic E-state index is 0.00618. The maximum absolute atomic E-state index is 14.2. The van der Waals surface area contributed by atoms with Crippen LogP contribution < -0.4 is 0 Å². The van der Waals surface area contributed by atoms with E-state index < -0.39 is 24.2 Å². The van der Waals surface area contributed by atoms with Gasteiger partial charge >= 0.3 is 6.03 Å². The van der Waals surface area contributed by atoms with Crippen LogP contribution >= 0.6 is 0 Å². The molecule has 2 aliphatic rings. The minimum atomic E-state index is -0.801. The Kier molecular flexibility index (Phi) is 16.9. The molecule has 8 N–H and O–H groups in total. The Bertz CT molecular complexity index is 646. The van der Waals surface area contributed by atoms with Crippen molar-refractivity contribution in [3.05, 3.63) is 0 Å². The van der Waals surface area contributed by atoms with Gasteiger partial charge in [0.2, 0.25) is 5.91 Å². The number of aliphatic hydroxyl groups is 8. The molecule has 2 rings (SSSR count). The van der Waals surface area contributed by atoms with Crippen LogP contribution in [0.3, 0.4) is 0 Å². The van der Waals surface area contributed by atoms with Crippen LogP contribution in [0.25, 0.3) is 0 Å². The van der Waals surface area contributed by atoms with Crippen molar-refractivity contribution in [3.8, 4) is 0 Å². The summed E-state index contributed by atoms with van der Waals surface area (Å²) in [4.78, 5) is 39.7. The van der Waals surface area contributed by atoms with Crippen molar-refractivity contribution >= 4 is 11.9 Å². The Morgan fingerprint density at radius 1 is 0.476 bits per heavy atom. The predicted molar refractivity (Wildman–Crippen MR) is 149 cm³/mol. The van der Waals surface area contributed by atoms with Gasteiger partial charge < -0.3 is 50.7 Å². The summed E-state index contributed by atoms with van der Waals surface area (Å²) in [6.45, 7) is -0.140. The molecule has 2 saturated heterocycles. The fourth-order valence-corrected chi connectivity index (χ4v) is 5.77. The highest BCUT2D eigenvalue weighted by atomic mass is 16.3. The highest BCUT2D eigenvalue weighted by molar-refractivity contribution is 5.88. The highest BCUT2D eigenvalue weighted by Crippen LogP contribution is 2.39. The molecular formula is C25H51N7O10. The second kappa shape index (κ2) is 19.5. The molecule has 2 fully saturated rings. The normalized spacial score (nSPS) is 21.0. The molecule has 0 unspecified atom stereocenters. The summed E-state index contributed by atoms with van der Waals surface area (Å²) in [6, 6.07) is -1.12. The molecule has 17 heteroatoms. The predicted octanol–water partition coefficient (Wildman–Crippen LogP) is -6.10. The summed E-state index contributed by atoms with van der Waals surface area (Å²) in [5.74, 6) is -1.07. The SMILES string of the molecule is O=C1[C@H](CN(CCO)CCO)[C@H]2[C@H](N1CN(CCO)CCO)N(CN(CCO)CCO)C(=O)N2CN(CCO)CCO. The third-order valence-corrected chi connectivity index (χ3v) is 7.65. The molecule has 0 radical (unpaired) electrons. The number of urea groups is 1. The van der Waals surface area contributed by atoms with Crippen LogP contribution in [0.5, 0.6) is 0 Å². The van der Waals surface area contributed by atoms with Crippen molar-refractivity contribution in [2.45, 2.75) is 12.2 Å². The summed E-state index contributed by atoms with van der Waals surface area (Å²) < 4.78 is 0. The molecule has 3 amide bonds. The number of hydrogen-bond acceptors (Lipinski definition) is 14. The third-order valence-electron chi connectivity index (χ3n) is 7.65. The second-order valence-electron chi connectivity index (χ2n) is 10.4. The van der Waals surface area contributed by atoms with Gasteiger partial charge in [-0.05, 0) is 0 Å². The van der Waals surface area contributed by atoms with Crippen LogP contribution in [0, 0.1) is 5.92 Å². The Hall–Kier alpha value is -1.74. The molecule has 0 bridgehead atoms. The van der Waals surface area contributed by atoms with Gasteiger partial charge in [0.15, 0.2) is 0 Å². The van der Waals surface area contributed by atoms with E-state index in [2.05, 4.69) is 0 Å². The van der Waals surface area contributed by atoms with Crippen LogP contribution in [-0.2, 0) is 4.79 Å². The smallest absolute Gasteiger partial charge is 0.324 e. The van der Waals surface area contributed by atoms with E-state index in [1.54, 1.807) is 19.6 Å². The van der Waals surface area contributed by atoms with E-state index in [9.17, 15) is 50.4 Å². The zero-order chi connectivity index (χ0) is 31.1. The Morgan fingerprint density at radius 3 is 1.19 bits per heavy atom. The molecule has 0 spiro atoms. The van der Waals surface area contributed by atoms with E-state index in [4.69, 9.17) is 0 Å². The molecule has 2 heterocycles. The van der Waals surface area contributed by atoms with Crippen molar-refractivity contribution in [1.29, 1.82) is 0 Å². The van der Waals surface area contributed by atoms with Gasteiger partial charge in [0.05, 0.1) is 84.8 Å². The molecule has 3 atom stereocenters. The van der Waals surface area contributed by atoms with Crippen molar-refractivity contribution < 1.29 is 50.4 Å². The van der Waals surface area contributed by atoms with E-state index in [1.807, 2.05) is 0 Å². The van der Waals surface area contributed by atoms with E-state index in [0.29, 0.717) is 0 Å². The number of fused-ring (bicyclic) bond motifs is 1. The van der Waals surface area contributed by atoms with Crippen LogP contribution in [-0.4, -0.2) is 231 Å². The first kappa shape index (κ1) is 36.5. The molecule has 0 aromatic carbocycles. The molecule has 17 nitrogen and oxygen atoms in total. The molecule has 2 aliphatic heterocycles. The number of hydrogen-bond donors (Lipinski definition) is 8. The lowest BCUT2D eigenvalue weighted by Crippen LogP contribution is -2.54. The summed E-state index contributed by atoms with van der Waals surface area (Å²) in [7, 11) is 0. The van der Waals surface area contributed by atoms with Gasteiger partial charge in [0, 0.05) is 58.9 Å². The lowest BCUT2D eigenvalue weighted by Gasteiger charge is -2.36. The average Bonchev–Trinajstić information content (AvgIpc) is 3.36. The van der Waals surface area contributed by atoms with Crippen LogP contribution in [0.1, 0.15) is 0 Å². The van der Waals surface area contributed by atoms with Gasteiger partial charge in [0.25, 0.3) is 0 Å². The van der Waals surface area contributed by atoms with Gasteiger partial charge in [-0.25, -0.2) is 4.79 Å². The highest BCUT2D eigenvalue weighted by Gasteiger charge is 2.60. The van der Waals surface area contributed by atoms with E-state index in [0.717, 1.165) is 0 Å².